The molecular formula is C24H35ClN4O2. The van der Waals surface area contributed by atoms with E-state index in [0.717, 1.165) is 49.6 Å². The van der Waals surface area contributed by atoms with Crippen molar-refractivity contribution in [3.63, 3.8) is 0 Å². The van der Waals surface area contributed by atoms with E-state index in [2.05, 4.69) is 21.3 Å². The molecule has 0 aliphatic heterocycles. The van der Waals surface area contributed by atoms with Crippen molar-refractivity contribution in [1.29, 1.82) is 0 Å². The van der Waals surface area contributed by atoms with Crippen LogP contribution in [0, 0.1) is 23.2 Å². The zero-order valence-electron chi connectivity index (χ0n) is 18.4. The van der Waals surface area contributed by atoms with Gasteiger partial charge in [0.2, 0.25) is 5.91 Å². The minimum atomic E-state index is -0.0715. The second-order valence-corrected chi connectivity index (χ2v) is 10.4. The molecule has 1 aromatic rings. The number of halogens is 1. The van der Waals surface area contributed by atoms with Crippen LogP contribution in [0.4, 0.5) is 5.69 Å². The quantitative estimate of drug-likeness (QED) is 0.415. The standard InChI is InChI=1S/C24H35ClN4O2/c1-16(30)27-6-4-26-5-7-28-20-2-3-22(25)21(11-20)23(31)29-15-24-12-17-8-18(13-24)10-19(9-17)14-24/h2-3,11,17-19,26,28H,4-10,12-15H2,1H3,(H,27,30)(H,29,31). The fraction of sp³-hybridized carbons (Fsp3) is 0.667. The van der Waals surface area contributed by atoms with Gasteiger partial charge >= 0.3 is 0 Å². The van der Waals surface area contributed by atoms with Crippen LogP contribution in [-0.4, -0.2) is 44.5 Å². The molecule has 4 aliphatic rings. The van der Waals surface area contributed by atoms with Crippen LogP contribution >= 0.6 is 11.6 Å². The van der Waals surface area contributed by atoms with E-state index >= 15 is 0 Å². The molecule has 4 saturated carbocycles. The third-order valence-corrected chi connectivity index (χ3v) is 7.64. The minimum Gasteiger partial charge on any atom is -0.384 e. The Hall–Kier alpha value is -1.79. The number of hydrogen-bond acceptors (Lipinski definition) is 4. The molecule has 4 N–H and O–H groups in total. The highest BCUT2D eigenvalue weighted by molar-refractivity contribution is 6.34. The highest BCUT2D eigenvalue weighted by Crippen LogP contribution is 2.59. The second kappa shape index (κ2) is 9.78. The van der Waals surface area contributed by atoms with Crippen molar-refractivity contribution in [1.82, 2.24) is 16.0 Å². The van der Waals surface area contributed by atoms with Gasteiger partial charge in [-0.15, -0.1) is 0 Å². The van der Waals surface area contributed by atoms with Crippen LogP contribution in [0.1, 0.15) is 55.8 Å². The Labute approximate surface area is 190 Å². The Morgan fingerprint density at radius 2 is 1.61 bits per heavy atom. The van der Waals surface area contributed by atoms with Crippen LogP contribution in [0.25, 0.3) is 0 Å². The zero-order chi connectivity index (χ0) is 21.8. The Balaban J connectivity index is 1.25. The molecule has 4 aliphatic carbocycles. The highest BCUT2D eigenvalue weighted by atomic mass is 35.5. The molecule has 170 valence electrons. The first-order valence-corrected chi connectivity index (χ1v) is 12.1. The fourth-order valence-electron chi connectivity index (χ4n) is 6.43. The van der Waals surface area contributed by atoms with E-state index in [1.807, 2.05) is 12.1 Å². The average molecular weight is 447 g/mol. The Morgan fingerprint density at radius 1 is 0.968 bits per heavy atom. The topological polar surface area (TPSA) is 82.3 Å². The van der Waals surface area contributed by atoms with Gasteiger partial charge in [-0.3, -0.25) is 9.59 Å². The van der Waals surface area contributed by atoms with Crippen molar-refractivity contribution in [3.05, 3.63) is 28.8 Å². The maximum Gasteiger partial charge on any atom is 0.252 e. The Bertz CT molecular complexity index is 777. The average Bonchev–Trinajstić information content (AvgIpc) is 2.71. The SMILES string of the molecule is CC(=O)NCCNCCNc1ccc(Cl)c(C(=O)NCC23CC4CC(CC(C4)C2)C3)c1. The number of rotatable bonds is 10. The highest BCUT2D eigenvalue weighted by Gasteiger charge is 2.50. The van der Waals surface area contributed by atoms with E-state index in [0.29, 0.717) is 22.5 Å². The molecule has 2 amide bonds. The summed E-state index contributed by atoms with van der Waals surface area (Å²) in [4.78, 5) is 23.8. The van der Waals surface area contributed by atoms with Crippen molar-refractivity contribution in [3.8, 4) is 0 Å². The Kier molecular flexibility index (Phi) is 7.07. The number of hydrogen-bond donors (Lipinski definition) is 4. The van der Waals surface area contributed by atoms with Crippen molar-refractivity contribution in [2.75, 3.05) is 38.0 Å². The third-order valence-electron chi connectivity index (χ3n) is 7.31. The molecular weight excluding hydrogens is 412 g/mol. The molecule has 5 rings (SSSR count). The van der Waals surface area contributed by atoms with Gasteiger partial charge in [-0.05, 0) is 79.9 Å². The van der Waals surface area contributed by atoms with Gasteiger partial charge in [0.05, 0.1) is 10.6 Å². The molecule has 31 heavy (non-hydrogen) atoms. The van der Waals surface area contributed by atoms with Crippen LogP contribution in [0.2, 0.25) is 5.02 Å². The molecule has 4 bridgehead atoms. The fourth-order valence-corrected chi connectivity index (χ4v) is 6.63. The van der Waals surface area contributed by atoms with Gasteiger partial charge in [0.25, 0.3) is 5.91 Å². The van der Waals surface area contributed by atoms with E-state index in [9.17, 15) is 9.59 Å². The van der Waals surface area contributed by atoms with E-state index in [1.165, 1.54) is 45.4 Å². The molecule has 6 nitrogen and oxygen atoms in total. The smallest absolute Gasteiger partial charge is 0.252 e. The lowest BCUT2D eigenvalue weighted by Gasteiger charge is -2.56. The van der Waals surface area contributed by atoms with Gasteiger partial charge in [0.15, 0.2) is 0 Å². The summed E-state index contributed by atoms with van der Waals surface area (Å²) in [5, 5.41) is 13.1. The van der Waals surface area contributed by atoms with E-state index < -0.39 is 0 Å². The molecule has 0 radical (unpaired) electrons. The van der Waals surface area contributed by atoms with Crippen molar-refractivity contribution in [2.45, 2.75) is 45.4 Å². The van der Waals surface area contributed by atoms with E-state index in [-0.39, 0.29) is 11.8 Å². The van der Waals surface area contributed by atoms with Gasteiger partial charge in [-0.25, -0.2) is 0 Å². The first kappa shape index (κ1) is 22.4. The first-order valence-electron chi connectivity index (χ1n) is 11.7. The van der Waals surface area contributed by atoms with Gasteiger partial charge < -0.3 is 21.3 Å². The Morgan fingerprint density at radius 3 is 2.26 bits per heavy atom. The maximum absolute atomic E-state index is 12.9. The molecule has 7 heteroatoms. The molecule has 0 unspecified atom stereocenters. The summed E-state index contributed by atoms with van der Waals surface area (Å²) >= 11 is 6.35. The maximum atomic E-state index is 12.9. The largest absolute Gasteiger partial charge is 0.384 e. The molecule has 0 atom stereocenters. The molecule has 0 heterocycles. The molecule has 0 aromatic heterocycles. The van der Waals surface area contributed by atoms with E-state index in [1.54, 1.807) is 6.07 Å². The third kappa shape index (κ3) is 5.72. The number of carbonyl (C=O) groups excluding carboxylic acids is 2. The van der Waals surface area contributed by atoms with Crippen molar-refractivity contribution >= 4 is 29.1 Å². The summed E-state index contributed by atoms with van der Waals surface area (Å²) in [6, 6.07) is 5.53. The zero-order valence-corrected chi connectivity index (χ0v) is 19.2. The summed E-state index contributed by atoms with van der Waals surface area (Å²) in [5.41, 5.74) is 1.73. The number of anilines is 1. The monoisotopic (exact) mass is 446 g/mol. The predicted molar refractivity (Wildman–Crippen MR) is 124 cm³/mol. The number of nitrogens with one attached hydrogen (secondary N) is 4. The van der Waals surface area contributed by atoms with Crippen LogP contribution < -0.4 is 21.3 Å². The number of amides is 2. The van der Waals surface area contributed by atoms with Crippen LogP contribution in [-0.2, 0) is 4.79 Å². The minimum absolute atomic E-state index is 0.0184. The molecule has 0 spiro atoms. The van der Waals surface area contributed by atoms with Gasteiger partial charge in [-0.1, -0.05) is 11.6 Å². The van der Waals surface area contributed by atoms with Gasteiger partial charge in [0.1, 0.15) is 0 Å². The summed E-state index contributed by atoms with van der Waals surface area (Å²) in [5.74, 6) is 2.55. The predicted octanol–water partition coefficient (Wildman–Crippen LogP) is 3.42. The molecule has 0 saturated heterocycles. The lowest BCUT2D eigenvalue weighted by Crippen LogP contribution is -2.51. The molecule has 1 aromatic carbocycles. The number of carbonyl (C=O) groups is 2. The van der Waals surface area contributed by atoms with Crippen LogP contribution in [0.3, 0.4) is 0 Å². The van der Waals surface area contributed by atoms with E-state index in [4.69, 9.17) is 11.6 Å². The summed E-state index contributed by atoms with van der Waals surface area (Å²) in [7, 11) is 0. The summed E-state index contributed by atoms with van der Waals surface area (Å²) in [6.07, 6.45) is 8.08. The van der Waals surface area contributed by atoms with Crippen LogP contribution in [0.5, 0.6) is 0 Å². The van der Waals surface area contributed by atoms with Crippen molar-refractivity contribution < 1.29 is 9.59 Å². The molecule has 4 fully saturated rings. The van der Waals surface area contributed by atoms with Gasteiger partial charge in [-0.2, -0.15) is 0 Å². The normalized spacial score (nSPS) is 28.4. The van der Waals surface area contributed by atoms with Crippen molar-refractivity contribution in [2.24, 2.45) is 23.2 Å². The lowest BCUT2D eigenvalue weighted by atomic mass is 9.49. The van der Waals surface area contributed by atoms with Crippen LogP contribution in [0.15, 0.2) is 18.2 Å². The van der Waals surface area contributed by atoms with Gasteiger partial charge in [0, 0.05) is 45.3 Å². The lowest BCUT2D eigenvalue weighted by molar-refractivity contribution is -0.118. The number of benzene rings is 1. The summed E-state index contributed by atoms with van der Waals surface area (Å²) in [6.45, 7) is 5.11. The first-order chi connectivity index (χ1) is 14.9. The second-order valence-electron chi connectivity index (χ2n) is 9.95. The summed E-state index contributed by atoms with van der Waals surface area (Å²) < 4.78 is 0.